The van der Waals surface area contributed by atoms with Crippen molar-refractivity contribution in [3.05, 3.63) is 29.5 Å². The number of anilines is 2. The highest BCUT2D eigenvalue weighted by Crippen LogP contribution is 2.23. The first kappa shape index (κ1) is 13.3. The summed E-state index contributed by atoms with van der Waals surface area (Å²) >= 11 is 0. The maximum Gasteiger partial charge on any atom is 0.148 e. The Bertz CT molecular complexity index is 560. The third-order valence-corrected chi connectivity index (χ3v) is 2.92. The number of nitrogen functional groups attached to an aromatic ring is 1. The molecule has 0 atom stereocenters. The van der Waals surface area contributed by atoms with Crippen LogP contribution < -0.4 is 11.1 Å². The summed E-state index contributed by atoms with van der Waals surface area (Å²) < 4.78 is 1.79. The van der Waals surface area contributed by atoms with Crippen molar-refractivity contribution in [2.75, 3.05) is 11.1 Å². The molecule has 0 spiro atoms. The van der Waals surface area contributed by atoms with Crippen molar-refractivity contribution in [1.29, 1.82) is 0 Å². The maximum atomic E-state index is 6.11. The van der Waals surface area contributed by atoms with Gasteiger partial charge >= 0.3 is 0 Å². The Balaban J connectivity index is 2.11. The van der Waals surface area contributed by atoms with E-state index in [1.54, 1.807) is 10.9 Å². The monoisotopic (exact) mass is 260 g/mol. The molecule has 0 fully saturated rings. The Labute approximate surface area is 113 Å². The molecule has 0 aromatic carbocycles. The second-order valence-electron chi connectivity index (χ2n) is 4.53. The summed E-state index contributed by atoms with van der Waals surface area (Å²) in [5, 5.41) is 7.71. The zero-order chi connectivity index (χ0) is 13.8. The third-order valence-electron chi connectivity index (χ3n) is 2.92. The van der Waals surface area contributed by atoms with E-state index in [1.807, 2.05) is 20.0 Å². The molecule has 0 aliphatic heterocycles. The highest BCUT2D eigenvalue weighted by molar-refractivity contribution is 5.65. The Morgan fingerprint density at radius 2 is 2.21 bits per heavy atom. The number of aryl methyl sites for hydroxylation is 3. The van der Waals surface area contributed by atoms with Crippen molar-refractivity contribution in [2.24, 2.45) is 7.05 Å². The van der Waals surface area contributed by atoms with Crippen molar-refractivity contribution >= 4 is 11.5 Å². The molecule has 0 aliphatic rings. The summed E-state index contributed by atoms with van der Waals surface area (Å²) in [5.74, 6) is 1.61. The first-order chi connectivity index (χ1) is 9.11. The molecule has 0 bridgehead atoms. The smallest absolute Gasteiger partial charge is 0.148 e. The van der Waals surface area contributed by atoms with Crippen LogP contribution in [0.1, 0.15) is 30.6 Å². The second-order valence-corrected chi connectivity index (χ2v) is 4.53. The van der Waals surface area contributed by atoms with Crippen LogP contribution in [-0.4, -0.2) is 19.7 Å². The van der Waals surface area contributed by atoms with E-state index in [1.165, 1.54) is 0 Å². The van der Waals surface area contributed by atoms with Gasteiger partial charge < -0.3 is 11.1 Å². The van der Waals surface area contributed by atoms with Crippen LogP contribution in [0.2, 0.25) is 0 Å². The van der Waals surface area contributed by atoms with Gasteiger partial charge in [-0.05, 0) is 19.4 Å². The number of rotatable bonds is 5. The van der Waals surface area contributed by atoms with Crippen molar-refractivity contribution in [1.82, 2.24) is 19.7 Å². The van der Waals surface area contributed by atoms with E-state index in [0.29, 0.717) is 6.54 Å². The molecule has 0 saturated carbocycles. The topological polar surface area (TPSA) is 81.7 Å². The van der Waals surface area contributed by atoms with Crippen molar-refractivity contribution in [2.45, 2.75) is 33.2 Å². The van der Waals surface area contributed by atoms with Crippen LogP contribution in [0, 0.1) is 6.92 Å². The fraction of sp³-hybridized carbons (Fsp3) is 0.462. The number of nitrogens with two attached hydrogens (primary N) is 1. The van der Waals surface area contributed by atoms with Gasteiger partial charge in [0.05, 0.1) is 23.6 Å². The molecule has 3 N–H and O–H groups in total. The van der Waals surface area contributed by atoms with Crippen LogP contribution in [0.4, 0.5) is 11.5 Å². The van der Waals surface area contributed by atoms with E-state index in [0.717, 1.165) is 41.6 Å². The standard InChI is InChI=1S/C13H20N6/c1-4-5-11-12(14)13(19(3)18-11)16-8-10-6-7-15-9(2)17-10/h6-7,16H,4-5,8,14H2,1-3H3. The van der Waals surface area contributed by atoms with Crippen molar-refractivity contribution < 1.29 is 0 Å². The van der Waals surface area contributed by atoms with E-state index < -0.39 is 0 Å². The normalized spacial score (nSPS) is 10.7. The Morgan fingerprint density at radius 1 is 1.42 bits per heavy atom. The summed E-state index contributed by atoms with van der Waals surface area (Å²) in [5.41, 5.74) is 8.72. The molecule has 6 nitrogen and oxygen atoms in total. The highest BCUT2D eigenvalue weighted by atomic mass is 15.3. The van der Waals surface area contributed by atoms with Gasteiger partial charge in [0.15, 0.2) is 0 Å². The second kappa shape index (κ2) is 5.69. The molecule has 102 valence electrons. The minimum atomic E-state index is 0.610. The fourth-order valence-corrected chi connectivity index (χ4v) is 2.00. The van der Waals surface area contributed by atoms with Crippen molar-refractivity contribution in [3.8, 4) is 0 Å². The lowest BCUT2D eigenvalue weighted by Crippen LogP contribution is -2.08. The first-order valence-corrected chi connectivity index (χ1v) is 6.45. The Hall–Kier alpha value is -2.11. The molecule has 0 saturated heterocycles. The predicted molar refractivity (Wildman–Crippen MR) is 75.7 cm³/mol. The largest absolute Gasteiger partial charge is 0.394 e. The average molecular weight is 260 g/mol. The molecule has 19 heavy (non-hydrogen) atoms. The first-order valence-electron chi connectivity index (χ1n) is 6.45. The average Bonchev–Trinajstić information content (AvgIpc) is 2.63. The van der Waals surface area contributed by atoms with E-state index in [-0.39, 0.29) is 0 Å². The van der Waals surface area contributed by atoms with Crippen LogP contribution >= 0.6 is 0 Å². The molecule has 0 radical (unpaired) electrons. The van der Waals surface area contributed by atoms with Gasteiger partial charge in [0.2, 0.25) is 0 Å². The number of aromatic nitrogens is 4. The lowest BCUT2D eigenvalue weighted by Gasteiger charge is -2.07. The van der Waals surface area contributed by atoms with Gasteiger partial charge in [0, 0.05) is 13.2 Å². The minimum Gasteiger partial charge on any atom is -0.394 e. The van der Waals surface area contributed by atoms with Crippen LogP contribution in [0.3, 0.4) is 0 Å². The molecular formula is C13H20N6. The van der Waals surface area contributed by atoms with E-state index in [9.17, 15) is 0 Å². The van der Waals surface area contributed by atoms with Crippen LogP contribution in [0.25, 0.3) is 0 Å². The molecule has 0 amide bonds. The number of nitrogens with one attached hydrogen (secondary N) is 1. The minimum absolute atomic E-state index is 0.610. The summed E-state index contributed by atoms with van der Waals surface area (Å²) in [4.78, 5) is 8.42. The highest BCUT2D eigenvalue weighted by Gasteiger charge is 2.12. The van der Waals surface area contributed by atoms with Crippen LogP contribution in [-0.2, 0) is 20.0 Å². The molecule has 0 unspecified atom stereocenters. The van der Waals surface area contributed by atoms with Gasteiger partial charge in [-0.1, -0.05) is 13.3 Å². The van der Waals surface area contributed by atoms with E-state index >= 15 is 0 Å². The van der Waals surface area contributed by atoms with Gasteiger partial charge in [0.25, 0.3) is 0 Å². The van der Waals surface area contributed by atoms with Gasteiger partial charge in [-0.2, -0.15) is 5.10 Å². The van der Waals surface area contributed by atoms with Crippen LogP contribution in [0.5, 0.6) is 0 Å². The zero-order valence-electron chi connectivity index (χ0n) is 11.6. The summed E-state index contributed by atoms with van der Waals surface area (Å²) in [7, 11) is 1.89. The molecule has 2 aromatic rings. The molecule has 2 heterocycles. The molecule has 0 aliphatic carbocycles. The van der Waals surface area contributed by atoms with Gasteiger partial charge in [-0.15, -0.1) is 0 Å². The number of hydrogen-bond donors (Lipinski definition) is 2. The van der Waals surface area contributed by atoms with Crippen LogP contribution in [0.15, 0.2) is 12.3 Å². The third kappa shape index (κ3) is 3.01. The summed E-state index contributed by atoms with van der Waals surface area (Å²) in [6, 6.07) is 1.89. The maximum absolute atomic E-state index is 6.11. The molecule has 6 heteroatoms. The molecular weight excluding hydrogens is 240 g/mol. The Kier molecular flexibility index (Phi) is 3.99. The van der Waals surface area contributed by atoms with Crippen molar-refractivity contribution in [3.63, 3.8) is 0 Å². The molecule has 2 rings (SSSR count). The van der Waals surface area contributed by atoms with Gasteiger partial charge in [-0.25, -0.2) is 9.97 Å². The van der Waals surface area contributed by atoms with E-state index in [2.05, 4.69) is 27.3 Å². The quantitative estimate of drug-likeness (QED) is 0.854. The zero-order valence-corrected chi connectivity index (χ0v) is 11.6. The summed E-state index contributed by atoms with van der Waals surface area (Å²) in [6.45, 7) is 4.60. The lowest BCUT2D eigenvalue weighted by atomic mass is 10.2. The van der Waals surface area contributed by atoms with Gasteiger partial charge in [0.1, 0.15) is 11.6 Å². The Morgan fingerprint density at radius 3 is 2.89 bits per heavy atom. The van der Waals surface area contributed by atoms with Gasteiger partial charge in [-0.3, -0.25) is 4.68 Å². The SMILES string of the molecule is CCCc1nn(C)c(NCc2ccnc(C)n2)c1N. The fourth-order valence-electron chi connectivity index (χ4n) is 2.00. The molecule has 2 aromatic heterocycles. The predicted octanol–water partition coefficient (Wildman–Crippen LogP) is 1.67. The lowest BCUT2D eigenvalue weighted by molar-refractivity contribution is 0.734. The summed E-state index contributed by atoms with van der Waals surface area (Å²) in [6.07, 6.45) is 3.69. The number of nitrogens with zero attached hydrogens (tertiary/aromatic N) is 4. The van der Waals surface area contributed by atoms with E-state index in [4.69, 9.17) is 5.73 Å². The number of hydrogen-bond acceptors (Lipinski definition) is 5.